The van der Waals surface area contributed by atoms with Crippen LogP contribution in [0.25, 0.3) is 0 Å². The van der Waals surface area contributed by atoms with E-state index in [1.54, 1.807) is 18.2 Å². The summed E-state index contributed by atoms with van der Waals surface area (Å²) in [6.45, 7) is 0.154. The van der Waals surface area contributed by atoms with Gasteiger partial charge in [0, 0.05) is 5.41 Å². The second-order valence-electron chi connectivity index (χ2n) is 7.55. The third kappa shape index (κ3) is 2.31. The summed E-state index contributed by atoms with van der Waals surface area (Å²) in [5.41, 5.74) is 0.474. The SMILES string of the molecule is N#Cc1cccc(OCC(=O)C23CC4CC(CC(C4)C2)C3)c1. The van der Waals surface area contributed by atoms with Gasteiger partial charge in [0.2, 0.25) is 0 Å². The Kier molecular flexibility index (Phi) is 3.22. The van der Waals surface area contributed by atoms with Gasteiger partial charge in [-0.3, -0.25) is 4.79 Å². The van der Waals surface area contributed by atoms with Crippen LogP contribution in [-0.4, -0.2) is 12.4 Å². The molecule has 0 heterocycles. The first kappa shape index (κ1) is 13.8. The van der Waals surface area contributed by atoms with E-state index in [1.807, 2.05) is 6.07 Å². The molecule has 0 amide bonds. The molecule has 0 unspecified atom stereocenters. The van der Waals surface area contributed by atoms with Crippen molar-refractivity contribution in [3.8, 4) is 11.8 Å². The van der Waals surface area contributed by atoms with Gasteiger partial charge in [-0.1, -0.05) is 6.07 Å². The smallest absolute Gasteiger partial charge is 0.176 e. The van der Waals surface area contributed by atoms with Crippen LogP contribution in [0.15, 0.2) is 24.3 Å². The minimum atomic E-state index is -0.0956. The molecule has 1 aromatic rings. The first-order valence-corrected chi connectivity index (χ1v) is 8.33. The average molecular weight is 295 g/mol. The van der Waals surface area contributed by atoms with E-state index in [-0.39, 0.29) is 17.8 Å². The fraction of sp³-hybridized carbons (Fsp3) is 0.579. The Morgan fingerprint density at radius 3 is 2.41 bits per heavy atom. The molecule has 1 aromatic carbocycles. The van der Waals surface area contributed by atoms with Crippen LogP contribution in [0.2, 0.25) is 0 Å². The number of carbonyl (C=O) groups is 1. The molecular weight excluding hydrogens is 274 g/mol. The normalized spacial score (nSPS) is 35.1. The van der Waals surface area contributed by atoms with Crippen LogP contribution in [0.5, 0.6) is 5.75 Å². The Hall–Kier alpha value is -1.82. The van der Waals surface area contributed by atoms with Crippen molar-refractivity contribution < 1.29 is 9.53 Å². The zero-order chi connectivity index (χ0) is 15.2. The van der Waals surface area contributed by atoms with Crippen molar-refractivity contribution in [1.29, 1.82) is 5.26 Å². The summed E-state index contributed by atoms with van der Waals surface area (Å²) >= 11 is 0. The number of hydrogen-bond acceptors (Lipinski definition) is 3. The summed E-state index contributed by atoms with van der Waals surface area (Å²) in [4.78, 5) is 12.8. The van der Waals surface area contributed by atoms with E-state index in [1.165, 1.54) is 19.3 Å². The minimum Gasteiger partial charge on any atom is -0.486 e. The maximum atomic E-state index is 12.8. The van der Waals surface area contributed by atoms with E-state index in [4.69, 9.17) is 10.00 Å². The van der Waals surface area contributed by atoms with Gasteiger partial charge in [0.05, 0.1) is 11.6 Å². The molecule has 0 spiro atoms. The van der Waals surface area contributed by atoms with Crippen molar-refractivity contribution in [1.82, 2.24) is 0 Å². The van der Waals surface area contributed by atoms with E-state index in [2.05, 4.69) is 6.07 Å². The third-order valence-electron chi connectivity index (χ3n) is 5.96. The highest BCUT2D eigenvalue weighted by Gasteiger charge is 2.54. The number of carbonyl (C=O) groups excluding carboxylic acids is 1. The second kappa shape index (κ2) is 5.12. The predicted molar refractivity (Wildman–Crippen MR) is 82.3 cm³/mol. The number of benzene rings is 1. The number of nitrogens with zero attached hydrogens (tertiary/aromatic N) is 1. The van der Waals surface area contributed by atoms with Crippen molar-refractivity contribution >= 4 is 5.78 Å². The zero-order valence-electron chi connectivity index (χ0n) is 12.8. The van der Waals surface area contributed by atoms with Crippen molar-refractivity contribution in [3.05, 3.63) is 29.8 Å². The van der Waals surface area contributed by atoms with Crippen LogP contribution in [0.3, 0.4) is 0 Å². The van der Waals surface area contributed by atoms with Gasteiger partial charge in [-0.15, -0.1) is 0 Å². The number of Topliss-reactive ketones (excluding diaryl/α,β-unsaturated/α-hetero) is 1. The molecule has 0 saturated heterocycles. The maximum Gasteiger partial charge on any atom is 0.176 e. The number of hydrogen-bond donors (Lipinski definition) is 0. The molecule has 0 aliphatic heterocycles. The Morgan fingerprint density at radius 2 is 1.82 bits per heavy atom. The van der Waals surface area contributed by atoms with Gasteiger partial charge < -0.3 is 4.74 Å². The van der Waals surface area contributed by atoms with Gasteiger partial charge in [0.25, 0.3) is 0 Å². The van der Waals surface area contributed by atoms with Gasteiger partial charge in [-0.05, 0) is 74.5 Å². The molecular formula is C19H21NO2. The standard InChI is InChI=1S/C19H21NO2/c20-11-13-2-1-3-17(7-13)22-12-18(21)19-8-14-4-15(9-19)6-16(5-14)10-19/h1-3,7,14-16H,4-6,8-10,12H2. The first-order valence-electron chi connectivity index (χ1n) is 8.33. The monoisotopic (exact) mass is 295 g/mol. The van der Waals surface area contributed by atoms with Crippen LogP contribution in [0.1, 0.15) is 44.1 Å². The molecule has 4 aliphatic rings. The van der Waals surface area contributed by atoms with Crippen molar-refractivity contribution in [2.24, 2.45) is 23.2 Å². The summed E-state index contributed by atoms with van der Waals surface area (Å²) in [5.74, 6) is 3.23. The number of ether oxygens (including phenoxy) is 1. The van der Waals surface area contributed by atoms with Crippen molar-refractivity contribution in [2.75, 3.05) is 6.61 Å². The lowest BCUT2D eigenvalue weighted by molar-refractivity contribution is -0.145. The first-order chi connectivity index (χ1) is 10.7. The average Bonchev–Trinajstić information content (AvgIpc) is 2.51. The van der Waals surface area contributed by atoms with Crippen molar-refractivity contribution in [3.63, 3.8) is 0 Å². The highest BCUT2D eigenvalue weighted by Crippen LogP contribution is 2.60. The summed E-state index contributed by atoms with van der Waals surface area (Å²) in [6.07, 6.45) is 7.28. The van der Waals surface area contributed by atoms with E-state index in [0.717, 1.165) is 37.0 Å². The summed E-state index contributed by atoms with van der Waals surface area (Å²) in [7, 11) is 0. The molecule has 5 rings (SSSR count). The molecule has 0 N–H and O–H groups in total. The van der Waals surface area contributed by atoms with Crippen LogP contribution in [0.4, 0.5) is 0 Å². The van der Waals surface area contributed by atoms with Gasteiger partial charge in [-0.25, -0.2) is 0 Å². The largest absolute Gasteiger partial charge is 0.486 e. The van der Waals surface area contributed by atoms with Crippen molar-refractivity contribution in [2.45, 2.75) is 38.5 Å². The fourth-order valence-electron chi connectivity index (χ4n) is 5.41. The lowest BCUT2D eigenvalue weighted by Crippen LogP contribution is -2.51. The van der Waals surface area contributed by atoms with E-state index >= 15 is 0 Å². The van der Waals surface area contributed by atoms with Crippen LogP contribution >= 0.6 is 0 Å². The van der Waals surface area contributed by atoms with Crippen LogP contribution in [0, 0.1) is 34.5 Å². The summed E-state index contributed by atoms with van der Waals surface area (Å²) in [5, 5.41) is 8.92. The molecule has 0 aromatic heterocycles. The molecule has 4 aliphatic carbocycles. The molecule has 114 valence electrons. The maximum absolute atomic E-state index is 12.8. The minimum absolute atomic E-state index is 0.0956. The molecule has 22 heavy (non-hydrogen) atoms. The molecule has 3 nitrogen and oxygen atoms in total. The van der Waals surface area contributed by atoms with Crippen LogP contribution in [-0.2, 0) is 4.79 Å². The van der Waals surface area contributed by atoms with Gasteiger partial charge in [0.1, 0.15) is 12.4 Å². The van der Waals surface area contributed by atoms with Gasteiger partial charge >= 0.3 is 0 Å². The summed E-state index contributed by atoms with van der Waals surface area (Å²) in [6, 6.07) is 9.15. The fourth-order valence-corrected chi connectivity index (χ4v) is 5.41. The molecule has 4 saturated carbocycles. The Labute approximate surface area is 131 Å². The van der Waals surface area contributed by atoms with Crippen LogP contribution < -0.4 is 4.74 Å². The number of rotatable bonds is 4. The number of ketones is 1. The molecule has 0 atom stereocenters. The lowest BCUT2D eigenvalue weighted by atomic mass is 9.48. The highest BCUT2D eigenvalue weighted by atomic mass is 16.5. The van der Waals surface area contributed by atoms with E-state index < -0.39 is 0 Å². The van der Waals surface area contributed by atoms with Gasteiger partial charge in [0.15, 0.2) is 5.78 Å². The summed E-state index contributed by atoms with van der Waals surface area (Å²) < 4.78 is 5.70. The third-order valence-corrected chi connectivity index (χ3v) is 5.96. The Bertz CT molecular complexity index is 608. The van der Waals surface area contributed by atoms with E-state index in [9.17, 15) is 4.79 Å². The molecule has 4 fully saturated rings. The quantitative estimate of drug-likeness (QED) is 0.850. The van der Waals surface area contributed by atoms with Gasteiger partial charge in [-0.2, -0.15) is 5.26 Å². The zero-order valence-corrected chi connectivity index (χ0v) is 12.8. The second-order valence-corrected chi connectivity index (χ2v) is 7.55. The topological polar surface area (TPSA) is 50.1 Å². The van der Waals surface area contributed by atoms with E-state index in [0.29, 0.717) is 11.3 Å². The Morgan fingerprint density at radius 1 is 1.18 bits per heavy atom. The predicted octanol–water partition coefficient (Wildman–Crippen LogP) is 3.72. The highest BCUT2D eigenvalue weighted by molar-refractivity contribution is 5.86. The molecule has 3 heteroatoms. The molecule has 0 radical (unpaired) electrons. The molecule has 4 bridgehead atoms. The Balaban J connectivity index is 1.45. The number of nitriles is 1. The lowest BCUT2D eigenvalue weighted by Gasteiger charge is -2.55.